The average Bonchev–Trinajstić information content (AvgIpc) is 3.11. The van der Waals surface area contributed by atoms with Gasteiger partial charge in [-0.1, -0.05) is 44.2 Å². The van der Waals surface area contributed by atoms with Gasteiger partial charge in [0.15, 0.2) is 0 Å². The van der Waals surface area contributed by atoms with Crippen LogP contribution in [0.2, 0.25) is 0 Å². The molecular formula is C26H22N2O. The number of hydrogen-bond donors (Lipinski definition) is 0. The summed E-state index contributed by atoms with van der Waals surface area (Å²) in [5.74, 6) is 0.619. The quantitative estimate of drug-likeness (QED) is 0.341. The Balaban J connectivity index is 1.63. The molecule has 0 N–H and O–H groups in total. The highest BCUT2D eigenvalue weighted by atomic mass is 16.3. The molecule has 0 aliphatic rings. The predicted octanol–water partition coefficient (Wildman–Crippen LogP) is 6.91. The number of pyridine rings is 2. The van der Waals surface area contributed by atoms with E-state index < -0.39 is 0 Å². The van der Waals surface area contributed by atoms with Gasteiger partial charge in [0.05, 0.1) is 5.69 Å². The normalized spacial score (nSPS) is 11.6. The fourth-order valence-electron chi connectivity index (χ4n) is 3.84. The van der Waals surface area contributed by atoms with Crippen molar-refractivity contribution in [3.05, 3.63) is 84.7 Å². The monoisotopic (exact) mass is 378 g/mol. The van der Waals surface area contributed by atoms with E-state index in [1.165, 1.54) is 5.56 Å². The second-order valence-corrected chi connectivity index (χ2v) is 7.90. The number of nitrogens with zero attached hydrogens (tertiary/aromatic N) is 2. The van der Waals surface area contributed by atoms with Crippen LogP contribution in [0.1, 0.15) is 19.4 Å². The molecule has 0 spiro atoms. The van der Waals surface area contributed by atoms with E-state index in [2.05, 4.69) is 66.3 Å². The van der Waals surface area contributed by atoms with Gasteiger partial charge in [0.1, 0.15) is 5.58 Å². The molecule has 0 unspecified atom stereocenters. The number of rotatable bonds is 4. The van der Waals surface area contributed by atoms with E-state index in [4.69, 9.17) is 4.42 Å². The molecule has 5 rings (SSSR count). The van der Waals surface area contributed by atoms with Gasteiger partial charge < -0.3 is 4.42 Å². The summed E-state index contributed by atoms with van der Waals surface area (Å²) in [6, 6.07) is 23.0. The standard InChI is InChI=1S/C26H22N2O/c1-17(2)12-18-10-11-27-24(13-18)20-8-9-25-22(14-20)23-15-21(16-28-26(23)29-25)19-6-4-3-5-7-19/h3-11,13-17H,12H2,1-2H3. The number of hydrogen-bond acceptors (Lipinski definition) is 3. The summed E-state index contributed by atoms with van der Waals surface area (Å²) in [4.78, 5) is 9.17. The van der Waals surface area contributed by atoms with Crippen LogP contribution in [0.25, 0.3) is 44.5 Å². The first-order valence-electron chi connectivity index (χ1n) is 10.0. The fraction of sp³-hybridized carbons (Fsp3) is 0.154. The summed E-state index contributed by atoms with van der Waals surface area (Å²) >= 11 is 0. The van der Waals surface area contributed by atoms with Crippen molar-refractivity contribution in [1.82, 2.24) is 9.97 Å². The molecule has 3 aromatic heterocycles. The second kappa shape index (κ2) is 7.17. The lowest BCUT2D eigenvalue weighted by molar-refractivity contribution is 0.647. The summed E-state index contributed by atoms with van der Waals surface area (Å²) in [5, 5.41) is 2.10. The molecule has 3 heteroatoms. The molecule has 0 bridgehead atoms. The average molecular weight is 378 g/mol. The fourth-order valence-corrected chi connectivity index (χ4v) is 3.84. The van der Waals surface area contributed by atoms with E-state index in [1.807, 2.05) is 36.7 Å². The Hall–Kier alpha value is -3.46. The molecule has 0 fully saturated rings. The Morgan fingerprint density at radius 1 is 0.793 bits per heavy atom. The van der Waals surface area contributed by atoms with E-state index in [9.17, 15) is 0 Å². The van der Waals surface area contributed by atoms with Gasteiger partial charge in [0, 0.05) is 34.3 Å². The minimum absolute atomic E-state index is 0.619. The van der Waals surface area contributed by atoms with Crippen LogP contribution in [0.5, 0.6) is 0 Å². The maximum atomic E-state index is 5.98. The van der Waals surface area contributed by atoms with E-state index in [-0.39, 0.29) is 0 Å². The second-order valence-electron chi connectivity index (χ2n) is 7.90. The van der Waals surface area contributed by atoms with Crippen molar-refractivity contribution in [2.24, 2.45) is 5.92 Å². The number of aromatic nitrogens is 2. The molecule has 0 saturated heterocycles. The summed E-state index contributed by atoms with van der Waals surface area (Å²) in [5.41, 5.74) is 7.15. The Labute approximate surface area is 170 Å². The molecular weight excluding hydrogens is 356 g/mol. The third kappa shape index (κ3) is 3.40. The van der Waals surface area contributed by atoms with Gasteiger partial charge in [0.25, 0.3) is 0 Å². The maximum Gasteiger partial charge on any atom is 0.227 e. The summed E-state index contributed by atoms with van der Waals surface area (Å²) < 4.78 is 5.98. The first kappa shape index (κ1) is 17.6. The van der Waals surface area contributed by atoms with Gasteiger partial charge in [0.2, 0.25) is 5.71 Å². The van der Waals surface area contributed by atoms with Gasteiger partial charge in [-0.2, -0.15) is 0 Å². The summed E-state index contributed by atoms with van der Waals surface area (Å²) in [7, 11) is 0. The van der Waals surface area contributed by atoms with Crippen molar-refractivity contribution in [3.63, 3.8) is 0 Å². The zero-order chi connectivity index (χ0) is 19.8. The Morgan fingerprint density at radius 2 is 1.62 bits per heavy atom. The molecule has 3 nitrogen and oxygen atoms in total. The zero-order valence-corrected chi connectivity index (χ0v) is 16.6. The predicted molar refractivity (Wildman–Crippen MR) is 119 cm³/mol. The number of furan rings is 1. The van der Waals surface area contributed by atoms with Crippen molar-refractivity contribution in [2.75, 3.05) is 0 Å². The molecule has 0 radical (unpaired) electrons. The highest BCUT2D eigenvalue weighted by molar-refractivity contribution is 6.06. The van der Waals surface area contributed by atoms with Gasteiger partial charge >= 0.3 is 0 Å². The van der Waals surface area contributed by atoms with Crippen LogP contribution >= 0.6 is 0 Å². The molecule has 2 aromatic carbocycles. The maximum absolute atomic E-state index is 5.98. The van der Waals surface area contributed by atoms with Crippen molar-refractivity contribution in [2.45, 2.75) is 20.3 Å². The van der Waals surface area contributed by atoms with E-state index >= 15 is 0 Å². The van der Waals surface area contributed by atoms with E-state index in [1.54, 1.807) is 0 Å². The van der Waals surface area contributed by atoms with Crippen molar-refractivity contribution in [3.8, 4) is 22.4 Å². The lowest BCUT2D eigenvalue weighted by atomic mass is 10.0. The minimum Gasteiger partial charge on any atom is -0.438 e. The van der Waals surface area contributed by atoms with Crippen molar-refractivity contribution < 1.29 is 4.42 Å². The summed E-state index contributed by atoms with van der Waals surface area (Å²) in [6.07, 6.45) is 4.83. The largest absolute Gasteiger partial charge is 0.438 e. The van der Waals surface area contributed by atoms with Crippen LogP contribution in [0.4, 0.5) is 0 Å². The first-order chi connectivity index (χ1) is 14.2. The smallest absolute Gasteiger partial charge is 0.227 e. The highest BCUT2D eigenvalue weighted by Crippen LogP contribution is 2.33. The molecule has 0 aliphatic carbocycles. The topological polar surface area (TPSA) is 38.9 Å². The van der Waals surface area contributed by atoms with Crippen LogP contribution in [0.3, 0.4) is 0 Å². The molecule has 0 aliphatic heterocycles. The zero-order valence-electron chi connectivity index (χ0n) is 16.6. The third-order valence-electron chi connectivity index (χ3n) is 5.20. The van der Waals surface area contributed by atoms with Crippen LogP contribution in [0.15, 0.2) is 83.5 Å². The highest BCUT2D eigenvalue weighted by Gasteiger charge is 2.12. The Morgan fingerprint density at radius 3 is 2.45 bits per heavy atom. The summed E-state index contributed by atoms with van der Waals surface area (Å²) in [6.45, 7) is 4.47. The lowest BCUT2D eigenvalue weighted by Gasteiger charge is -2.07. The first-order valence-corrected chi connectivity index (χ1v) is 10.0. The third-order valence-corrected chi connectivity index (χ3v) is 5.20. The van der Waals surface area contributed by atoms with Crippen LogP contribution in [-0.2, 0) is 6.42 Å². The van der Waals surface area contributed by atoms with Gasteiger partial charge in [-0.15, -0.1) is 0 Å². The molecule has 142 valence electrons. The Kier molecular flexibility index (Phi) is 4.36. The van der Waals surface area contributed by atoms with Crippen LogP contribution in [-0.4, -0.2) is 9.97 Å². The van der Waals surface area contributed by atoms with Gasteiger partial charge in [-0.25, -0.2) is 4.98 Å². The van der Waals surface area contributed by atoms with E-state index in [0.717, 1.165) is 45.2 Å². The molecule has 0 amide bonds. The molecule has 0 saturated carbocycles. The van der Waals surface area contributed by atoms with Crippen molar-refractivity contribution >= 4 is 22.1 Å². The molecule has 5 aromatic rings. The van der Waals surface area contributed by atoms with E-state index in [0.29, 0.717) is 11.6 Å². The van der Waals surface area contributed by atoms with Crippen molar-refractivity contribution in [1.29, 1.82) is 0 Å². The number of fused-ring (bicyclic) bond motifs is 3. The molecule has 29 heavy (non-hydrogen) atoms. The number of benzene rings is 2. The van der Waals surface area contributed by atoms with Gasteiger partial charge in [-0.3, -0.25) is 4.98 Å². The minimum atomic E-state index is 0.619. The Bertz CT molecular complexity index is 1300. The molecule has 3 heterocycles. The van der Waals surface area contributed by atoms with Gasteiger partial charge in [-0.05, 0) is 59.9 Å². The van der Waals surface area contributed by atoms with Crippen LogP contribution < -0.4 is 0 Å². The van der Waals surface area contributed by atoms with Crippen LogP contribution in [0, 0.1) is 5.92 Å². The molecule has 0 atom stereocenters. The lowest BCUT2D eigenvalue weighted by Crippen LogP contribution is -1.95. The SMILES string of the molecule is CC(C)Cc1ccnc(-c2ccc3oc4ncc(-c5ccccc5)cc4c3c2)c1.